The molecule has 0 bridgehead atoms. The van der Waals surface area contributed by atoms with Crippen molar-refractivity contribution in [3.8, 4) is 22.4 Å². The summed E-state index contributed by atoms with van der Waals surface area (Å²) in [5.41, 5.74) is 13.4. The topological polar surface area (TPSA) is 49.6 Å². The zero-order valence-corrected chi connectivity index (χ0v) is 32.1. The molecule has 3 heterocycles. The molecule has 0 radical (unpaired) electrons. The first-order valence-electron chi connectivity index (χ1n) is 19.7. The fourth-order valence-corrected chi connectivity index (χ4v) is 10.6. The van der Waals surface area contributed by atoms with E-state index in [-0.39, 0.29) is 6.17 Å². The van der Waals surface area contributed by atoms with Crippen LogP contribution in [0, 0.1) is 0 Å². The summed E-state index contributed by atoms with van der Waals surface area (Å²) in [4.78, 5) is 18.2. The molecule has 1 aromatic heterocycles. The third-order valence-corrected chi connectivity index (χ3v) is 13.1. The van der Waals surface area contributed by atoms with E-state index in [9.17, 15) is 0 Å². The summed E-state index contributed by atoms with van der Waals surface area (Å²) >= 11 is 1.87. The largest absolute Gasteiger partial charge is 0.344 e. The lowest BCUT2D eigenvalue weighted by Crippen LogP contribution is -2.33. The van der Waals surface area contributed by atoms with Crippen LogP contribution in [0.3, 0.4) is 0 Å². The average Bonchev–Trinajstić information content (AvgIpc) is 3.58. The first-order chi connectivity index (χ1) is 28.7. The first kappa shape index (κ1) is 33.1. The van der Waals surface area contributed by atoms with Gasteiger partial charge in [0, 0.05) is 37.3 Å². The van der Waals surface area contributed by atoms with Crippen LogP contribution in [0.1, 0.15) is 45.1 Å². The number of pyridine rings is 1. The number of hydrogen-bond acceptors (Lipinski definition) is 5. The van der Waals surface area contributed by atoms with Crippen LogP contribution in [-0.4, -0.2) is 16.7 Å². The lowest BCUT2D eigenvalue weighted by Gasteiger charge is -2.39. The first-order valence-corrected chi connectivity index (χ1v) is 20.5. The van der Waals surface area contributed by atoms with Gasteiger partial charge in [0.2, 0.25) is 0 Å². The molecule has 9 aromatic rings. The number of hydrogen-bond donors (Lipinski definition) is 1. The number of rotatable bonds is 4. The van der Waals surface area contributed by atoms with Crippen LogP contribution in [-0.2, 0) is 5.41 Å². The van der Waals surface area contributed by atoms with Gasteiger partial charge in [-0.1, -0.05) is 176 Å². The Balaban J connectivity index is 1.07. The van der Waals surface area contributed by atoms with Crippen LogP contribution in [0.4, 0.5) is 0 Å². The molecule has 0 saturated heterocycles. The highest BCUT2D eigenvalue weighted by Gasteiger charge is 2.50. The highest BCUT2D eigenvalue weighted by Crippen LogP contribution is 2.62. The predicted octanol–water partition coefficient (Wildman–Crippen LogP) is 12.4. The van der Waals surface area contributed by atoms with Gasteiger partial charge < -0.3 is 5.32 Å². The standard InChI is InChI=1S/C53H34N4S/c1-3-15-34(16-4-1)50-55-51(35-17-5-2-6-18-35)57-52(56-50)36-29-27-33(28-30-36)49-41-32-45-40(31-39(41)38-20-8-12-24-46(38)54-49)37-19-7-9-21-42(37)53(45)43-22-10-13-25-47(43)58-48-26-14-11-23-44(48)53/h1-32,50H,(H,55,56,57). The fraction of sp³-hybridized carbons (Fsp3) is 0.0377. The molecule has 1 spiro atoms. The Morgan fingerprint density at radius 2 is 1.09 bits per heavy atom. The molecule has 4 nitrogen and oxygen atoms in total. The number of benzene rings is 8. The molecule has 3 aliphatic rings. The maximum Gasteiger partial charge on any atom is 0.159 e. The smallest absolute Gasteiger partial charge is 0.159 e. The maximum atomic E-state index is 5.44. The van der Waals surface area contributed by atoms with Gasteiger partial charge in [0.1, 0.15) is 12.0 Å². The van der Waals surface area contributed by atoms with Crippen LogP contribution in [0.5, 0.6) is 0 Å². The molecule has 0 fully saturated rings. The number of fused-ring (bicyclic) bond motifs is 12. The molecule has 1 aliphatic carbocycles. The van der Waals surface area contributed by atoms with Gasteiger partial charge in [-0.05, 0) is 74.7 Å². The minimum absolute atomic E-state index is 0.262. The minimum Gasteiger partial charge on any atom is -0.344 e. The Kier molecular flexibility index (Phi) is 7.41. The van der Waals surface area contributed by atoms with Gasteiger partial charge in [-0.2, -0.15) is 0 Å². The van der Waals surface area contributed by atoms with Gasteiger partial charge in [-0.3, -0.25) is 0 Å². The second-order valence-corrected chi connectivity index (χ2v) is 16.2. The van der Waals surface area contributed by atoms with Gasteiger partial charge in [0.15, 0.2) is 5.84 Å². The second kappa shape index (κ2) is 13.0. The van der Waals surface area contributed by atoms with E-state index in [0.717, 1.165) is 50.1 Å². The quantitative estimate of drug-likeness (QED) is 0.182. The van der Waals surface area contributed by atoms with Crippen molar-refractivity contribution in [2.24, 2.45) is 9.98 Å². The monoisotopic (exact) mass is 758 g/mol. The van der Waals surface area contributed by atoms with E-state index in [1.807, 2.05) is 36.0 Å². The van der Waals surface area contributed by atoms with Crippen molar-refractivity contribution in [2.45, 2.75) is 21.4 Å². The van der Waals surface area contributed by atoms with Crippen LogP contribution in [0.15, 0.2) is 214 Å². The van der Waals surface area contributed by atoms with Gasteiger partial charge in [0.25, 0.3) is 0 Å². The van der Waals surface area contributed by atoms with Crippen LogP contribution in [0.2, 0.25) is 0 Å². The summed E-state index contributed by atoms with van der Waals surface area (Å²) in [6.45, 7) is 0. The Hall–Kier alpha value is -7.08. The number of aliphatic imine (C=N–C) groups is 2. The van der Waals surface area contributed by atoms with E-state index < -0.39 is 5.41 Å². The predicted molar refractivity (Wildman–Crippen MR) is 238 cm³/mol. The molecule has 0 amide bonds. The summed E-state index contributed by atoms with van der Waals surface area (Å²) in [5.74, 6) is 1.50. The molecule has 272 valence electrons. The average molecular weight is 759 g/mol. The van der Waals surface area contributed by atoms with Crippen molar-refractivity contribution in [3.05, 3.63) is 233 Å². The molecule has 5 heteroatoms. The summed E-state index contributed by atoms with van der Waals surface area (Å²) in [6, 6.07) is 69.7. The van der Waals surface area contributed by atoms with Crippen molar-refractivity contribution < 1.29 is 0 Å². The van der Waals surface area contributed by atoms with E-state index in [2.05, 4.69) is 175 Å². The van der Waals surface area contributed by atoms with Crippen molar-refractivity contribution in [1.29, 1.82) is 0 Å². The molecule has 0 saturated carbocycles. The number of aromatic nitrogens is 1. The molecule has 58 heavy (non-hydrogen) atoms. The minimum atomic E-state index is -0.470. The summed E-state index contributed by atoms with van der Waals surface area (Å²) in [7, 11) is 0. The Morgan fingerprint density at radius 1 is 0.466 bits per heavy atom. The van der Waals surface area contributed by atoms with Crippen molar-refractivity contribution in [2.75, 3.05) is 0 Å². The third-order valence-electron chi connectivity index (χ3n) is 12.0. The van der Waals surface area contributed by atoms with Crippen molar-refractivity contribution in [3.63, 3.8) is 0 Å². The second-order valence-electron chi connectivity index (χ2n) is 15.1. The summed E-state index contributed by atoms with van der Waals surface area (Å²) in [5, 5.41) is 7.07. The molecule has 1 N–H and O–H groups in total. The Morgan fingerprint density at radius 3 is 1.84 bits per heavy atom. The number of nitrogens with zero attached hydrogens (tertiary/aromatic N) is 3. The van der Waals surface area contributed by atoms with Gasteiger partial charge in [-0.25, -0.2) is 15.0 Å². The van der Waals surface area contributed by atoms with E-state index in [4.69, 9.17) is 15.0 Å². The highest BCUT2D eigenvalue weighted by atomic mass is 32.2. The van der Waals surface area contributed by atoms with Gasteiger partial charge in [-0.15, -0.1) is 0 Å². The molecule has 1 atom stereocenters. The third kappa shape index (κ3) is 4.93. The lowest BCUT2D eigenvalue weighted by molar-refractivity contribution is 0.674. The fourth-order valence-electron chi connectivity index (χ4n) is 9.42. The van der Waals surface area contributed by atoms with Gasteiger partial charge in [0.05, 0.1) is 16.6 Å². The molecule has 2 aliphatic heterocycles. The van der Waals surface area contributed by atoms with Crippen LogP contribution >= 0.6 is 11.8 Å². The van der Waals surface area contributed by atoms with Crippen molar-refractivity contribution >= 4 is 45.1 Å². The molecule has 8 aromatic carbocycles. The Labute approximate surface area is 340 Å². The van der Waals surface area contributed by atoms with Crippen LogP contribution in [0.25, 0.3) is 44.1 Å². The molecule has 12 rings (SSSR count). The summed E-state index contributed by atoms with van der Waals surface area (Å²) < 4.78 is 0. The van der Waals surface area contributed by atoms with Crippen LogP contribution < -0.4 is 5.32 Å². The molecular formula is C53H34N4S. The maximum absolute atomic E-state index is 5.44. The van der Waals surface area contributed by atoms with Crippen molar-refractivity contribution in [1.82, 2.24) is 10.3 Å². The number of nitrogens with one attached hydrogen (secondary N) is 1. The lowest BCUT2D eigenvalue weighted by atomic mass is 9.67. The zero-order chi connectivity index (χ0) is 38.2. The van der Waals surface area contributed by atoms with E-state index in [0.29, 0.717) is 5.84 Å². The van der Waals surface area contributed by atoms with E-state index in [1.54, 1.807) is 0 Å². The molecule has 1 unspecified atom stereocenters. The molecular weight excluding hydrogens is 725 g/mol. The highest BCUT2D eigenvalue weighted by molar-refractivity contribution is 7.99. The zero-order valence-electron chi connectivity index (χ0n) is 31.3. The number of amidine groups is 2. The van der Waals surface area contributed by atoms with E-state index in [1.165, 1.54) is 48.6 Å². The normalized spacial score (nSPS) is 15.8. The van der Waals surface area contributed by atoms with E-state index >= 15 is 0 Å². The van der Waals surface area contributed by atoms with Gasteiger partial charge >= 0.3 is 0 Å². The summed E-state index contributed by atoms with van der Waals surface area (Å²) in [6.07, 6.45) is -0.262. The SMILES string of the molecule is c1ccc(C2=NC(c3ccc(-c4nc5ccccc5c5cc6c(cc45)C4(c5ccccc5Sc5ccccc54)c4ccccc4-6)cc3)=NC(c3ccccc3)N2)cc1. The Bertz CT molecular complexity index is 3130. The number of para-hydroxylation sites is 1.